The van der Waals surface area contributed by atoms with Gasteiger partial charge in [0, 0.05) is 18.1 Å². The summed E-state index contributed by atoms with van der Waals surface area (Å²) < 4.78 is 0. The molecule has 0 aliphatic carbocycles. The number of amides is 2. The average Bonchev–Trinajstić information content (AvgIpc) is 2.32. The van der Waals surface area contributed by atoms with Crippen LogP contribution in [0, 0.1) is 0 Å². The number of halogens is 1. The highest BCUT2D eigenvalue weighted by molar-refractivity contribution is 6.31. The molecule has 1 aromatic rings. The fourth-order valence-corrected chi connectivity index (χ4v) is 1.68. The highest BCUT2D eigenvalue weighted by atomic mass is 35.5. The zero-order valence-electron chi connectivity index (χ0n) is 10.1. The SMILES string of the molecule is CCCCNC(=O)NCCc1ccccc1Cl. The normalized spacial score (nSPS) is 10.0. The van der Waals surface area contributed by atoms with E-state index in [4.69, 9.17) is 11.6 Å². The molecule has 0 spiro atoms. The zero-order chi connectivity index (χ0) is 12.5. The summed E-state index contributed by atoms with van der Waals surface area (Å²) >= 11 is 6.01. The van der Waals surface area contributed by atoms with Gasteiger partial charge in [0.2, 0.25) is 0 Å². The van der Waals surface area contributed by atoms with E-state index < -0.39 is 0 Å². The monoisotopic (exact) mass is 254 g/mol. The third-order valence-electron chi connectivity index (χ3n) is 2.45. The predicted octanol–water partition coefficient (Wildman–Crippen LogP) is 2.98. The molecule has 0 atom stereocenters. The molecule has 0 aliphatic rings. The molecule has 0 heterocycles. The maximum Gasteiger partial charge on any atom is 0.314 e. The summed E-state index contributed by atoms with van der Waals surface area (Å²) in [5.41, 5.74) is 1.06. The summed E-state index contributed by atoms with van der Waals surface area (Å²) in [6.07, 6.45) is 2.85. The zero-order valence-corrected chi connectivity index (χ0v) is 10.9. The third-order valence-corrected chi connectivity index (χ3v) is 2.82. The Morgan fingerprint density at radius 2 is 1.94 bits per heavy atom. The predicted molar refractivity (Wildman–Crippen MR) is 71.5 cm³/mol. The molecule has 0 radical (unpaired) electrons. The first kappa shape index (κ1) is 13.8. The first-order valence-electron chi connectivity index (χ1n) is 5.99. The highest BCUT2D eigenvalue weighted by Gasteiger charge is 2.01. The second-order valence-corrected chi connectivity index (χ2v) is 4.28. The first-order valence-corrected chi connectivity index (χ1v) is 6.37. The summed E-state index contributed by atoms with van der Waals surface area (Å²) in [7, 11) is 0. The molecule has 0 unspecified atom stereocenters. The van der Waals surface area contributed by atoms with Crippen LogP contribution in [0.5, 0.6) is 0 Å². The van der Waals surface area contributed by atoms with Gasteiger partial charge in [-0.3, -0.25) is 0 Å². The average molecular weight is 255 g/mol. The van der Waals surface area contributed by atoms with Crippen molar-refractivity contribution in [1.82, 2.24) is 10.6 Å². The van der Waals surface area contributed by atoms with E-state index in [1.54, 1.807) is 0 Å². The Kier molecular flexibility index (Phi) is 6.48. The number of unbranched alkanes of at least 4 members (excludes halogenated alkanes) is 1. The van der Waals surface area contributed by atoms with Crippen LogP contribution in [-0.2, 0) is 6.42 Å². The second-order valence-electron chi connectivity index (χ2n) is 3.88. The minimum Gasteiger partial charge on any atom is -0.338 e. The van der Waals surface area contributed by atoms with Gasteiger partial charge in [0.25, 0.3) is 0 Å². The van der Waals surface area contributed by atoms with Crippen molar-refractivity contribution in [2.24, 2.45) is 0 Å². The fourth-order valence-electron chi connectivity index (χ4n) is 1.45. The molecule has 1 rings (SSSR count). The lowest BCUT2D eigenvalue weighted by molar-refractivity contribution is 0.241. The maximum atomic E-state index is 11.3. The van der Waals surface area contributed by atoms with Crippen LogP contribution in [0.4, 0.5) is 4.79 Å². The number of hydrogen-bond donors (Lipinski definition) is 2. The molecule has 1 aromatic carbocycles. The van der Waals surface area contributed by atoms with Crippen molar-refractivity contribution in [1.29, 1.82) is 0 Å². The van der Waals surface area contributed by atoms with Gasteiger partial charge in [0.05, 0.1) is 0 Å². The number of rotatable bonds is 6. The summed E-state index contributed by atoms with van der Waals surface area (Å²) in [6.45, 7) is 3.42. The fraction of sp³-hybridized carbons (Fsp3) is 0.462. The van der Waals surface area contributed by atoms with E-state index in [9.17, 15) is 4.79 Å². The Balaban J connectivity index is 2.19. The minimum absolute atomic E-state index is 0.106. The van der Waals surface area contributed by atoms with E-state index in [0.29, 0.717) is 6.54 Å². The Labute approximate surface area is 108 Å². The number of hydrogen-bond acceptors (Lipinski definition) is 1. The topological polar surface area (TPSA) is 41.1 Å². The van der Waals surface area contributed by atoms with Crippen LogP contribution in [0.3, 0.4) is 0 Å². The largest absolute Gasteiger partial charge is 0.338 e. The quantitative estimate of drug-likeness (QED) is 0.753. The smallest absolute Gasteiger partial charge is 0.314 e. The Morgan fingerprint density at radius 3 is 2.65 bits per heavy atom. The number of nitrogens with one attached hydrogen (secondary N) is 2. The molecule has 2 amide bonds. The lowest BCUT2D eigenvalue weighted by atomic mass is 10.1. The van der Waals surface area contributed by atoms with Crippen LogP contribution in [0.15, 0.2) is 24.3 Å². The Morgan fingerprint density at radius 1 is 1.24 bits per heavy atom. The van der Waals surface area contributed by atoms with Crippen molar-refractivity contribution in [3.05, 3.63) is 34.9 Å². The van der Waals surface area contributed by atoms with Crippen molar-refractivity contribution >= 4 is 17.6 Å². The number of urea groups is 1. The lowest BCUT2D eigenvalue weighted by Crippen LogP contribution is -2.37. The van der Waals surface area contributed by atoms with Gasteiger partial charge in [-0.1, -0.05) is 43.1 Å². The molecular formula is C13H19ClN2O. The summed E-state index contributed by atoms with van der Waals surface area (Å²) in [4.78, 5) is 11.3. The molecule has 2 N–H and O–H groups in total. The van der Waals surface area contributed by atoms with Gasteiger partial charge in [0.1, 0.15) is 0 Å². The van der Waals surface area contributed by atoms with Gasteiger partial charge in [-0.15, -0.1) is 0 Å². The molecule has 0 bridgehead atoms. The molecule has 0 fully saturated rings. The van der Waals surface area contributed by atoms with E-state index in [1.807, 2.05) is 24.3 Å². The van der Waals surface area contributed by atoms with Gasteiger partial charge >= 0.3 is 6.03 Å². The van der Waals surface area contributed by atoms with E-state index in [1.165, 1.54) is 0 Å². The van der Waals surface area contributed by atoms with Gasteiger partial charge in [-0.25, -0.2) is 4.79 Å². The van der Waals surface area contributed by atoms with Crippen molar-refractivity contribution in [2.45, 2.75) is 26.2 Å². The van der Waals surface area contributed by atoms with Gasteiger partial charge in [-0.05, 0) is 24.5 Å². The molecule has 0 aromatic heterocycles. The lowest BCUT2D eigenvalue weighted by Gasteiger charge is -2.07. The second kappa shape index (κ2) is 7.96. The summed E-state index contributed by atoms with van der Waals surface area (Å²) in [5, 5.41) is 6.36. The van der Waals surface area contributed by atoms with Crippen molar-refractivity contribution in [3.8, 4) is 0 Å². The van der Waals surface area contributed by atoms with Crippen LogP contribution >= 0.6 is 11.6 Å². The molecule has 17 heavy (non-hydrogen) atoms. The van der Waals surface area contributed by atoms with E-state index in [0.717, 1.165) is 36.4 Å². The molecule has 0 aliphatic heterocycles. The minimum atomic E-state index is -0.106. The van der Waals surface area contributed by atoms with Crippen LogP contribution in [0.1, 0.15) is 25.3 Å². The molecule has 0 saturated heterocycles. The number of benzene rings is 1. The molecule has 3 nitrogen and oxygen atoms in total. The van der Waals surface area contributed by atoms with E-state index >= 15 is 0 Å². The van der Waals surface area contributed by atoms with Crippen molar-refractivity contribution in [3.63, 3.8) is 0 Å². The van der Waals surface area contributed by atoms with Crippen LogP contribution < -0.4 is 10.6 Å². The Bertz CT molecular complexity index is 355. The van der Waals surface area contributed by atoms with Crippen molar-refractivity contribution in [2.75, 3.05) is 13.1 Å². The number of carbonyl (C=O) groups excluding carboxylic acids is 1. The van der Waals surface area contributed by atoms with Crippen LogP contribution in [0.25, 0.3) is 0 Å². The summed E-state index contributed by atoms with van der Waals surface area (Å²) in [6, 6.07) is 7.57. The highest BCUT2D eigenvalue weighted by Crippen LogP contribution is 2.14. The van der Waals surface area contributed by atoms with Crippen LogP contribution in [-0.4, -0.2) is 19.1 Å². The molecule has 94 valence electrons. The van der Waals surface area contributed by atoms with Gasteiger partial charge in [-0.2, -0.15) is 0 Å². The van der Waals surface area contributed by atoms with E-state index in [-0.39, 0.29) is 6.03 Å². The molecule has 0 saturated carbocycles. The molecule has 4 heteroatoms. The molecular weight excluding hydrogens is 236 g/mol. The van der Waals surface area contributed by atoms with Crippen LogP contribution in [0.2, 0.25) is 5.02 Å². The van der Waals surface area contributed by atoms with Crippen molar-refractivity contribution < 1.29 is 4.79 Å². The first-order chi connectivity index (χ1) is 8.24. The Hall–Kier alpha value is -1.22. The standard InChI is InChI=1S/C13H19ClN2O/c1-2-3-9-15-13(17)16-10-8-11-6-4-5-7-12(11)14/h4-7H,2-3,8-10H2,1H3,(H2,15,16,17). The van der Waals surface area contributed by atoms with E-state index in [2.05, 4.69) is 17.6 Å². The summed E-state index contributed by atoms with van der Waals surface area (Å²) in [5.74, 6) is 0. The third kappa shape index (κ3) is 5.59. The van der Waals surface area contributed by atoms with Gasteiger partial charge in [0.15, 0.2) is 0 Å². The number of carbonyl (C=O) groups is 1. The van der Waals surface area contributed by atoms with Gasteiger partial charge < -0.3 is 10.6 Å². The maximum absolute atomic E-state index is 11.3.